The monoisotopic (exact) mass is 295 g/mol. The molecule has 1 aliphatic heterocycles. The number of hydrogen-bond donors (Lipinski definition) is 0. The maximum atomic E-state index is 8.82. The number of rotatable bonds is 1. The summed E-state index contributed by atoms with van der Waals surface area (Å²) < 4.78 is 2.23. The van der Waals surface area contributed by atoms with Crippen LogP contribution in [0, 0.1) is 11.3 Å². The molecular weight excluding hydrogens is 268 g/mol. The zero-order valence-electron chi connectivity index (χ0n) is 14.6. The molecule has 1 aromatic carbocycles. The normalized spacial score (nSPS) is 12.6. The lowest BCUT2D eigenvalue weighted by Crippen LogP contribution is -2.34. The van der Waals surface area contributed by atoms with Crippen LogP contribution in [-0.2, 0) is 11.8 Å². The summed E-state index contributed by atoms with van der Waals surface area (Å²) in [5.41, 5.74) is 4.95. The third kappa shape index (κ3) is 3.04. The lowest BCUT2D eigenvalue weighted by molar-refractivity contribution is -0.599. The minimum absolute atomic E-state index is 0.00204. The first kappa shape index (κ1) is 17.9. The molecule has 0 amide bonds. The Bertz CT molecular complexity index is 664. The molecule has 0 atom stereocenters. The van der Waals surface area contributed by atoms with Gasteiger partial charge in [0.1, 0.15) is 0 Å². The van der Waals surface area contributed by atoms with E-state index in [1.165, 1.54) is 16.9 Å². The number of hydrogen-bond acceptors (Lipinski definition) is 1. The van der Waals surface area contributed by atoms with Crippen LogP contribution in [0.15, 0.2) is 42.6 Å². The van der Waals surface area contributed by atoms with Crippen molar-refractivity contribution in [2.75, 3.05) is 0 Å². The first-order valence-corrected chi connectivity index (χ1v) is 8.16. The van der Waals surface area contributed by atoms with E-state index in [0.717, 1.165) is 5.56 Å². The average Bonchev–Trinajstić information content (AvgIpc) is 2.80. The Balaban J connectivity index is 0.000000561. The SMILES string of the molecule is CC.CC.CC1(C)c2ccccc2-[n+]2ccc(CC#N)cc21. The second-order valence-corrected chi connectivity index (χ2v) is 5.27. The molecule has 2 heteroatoms. The van der Waals surface area contributed by atoms with E-state index in [1.54, 1.807) is 0 Å². The van der Waals surface area contributed by atoms with E-state index in [4.69, 9.17) is 5.26 Å². The fourth-order valence-corrected chi connectivity index (χ4v) is 2.79. The zero-order valence-corrected chi connectivity index (χ0v) is 14.6. The molecule has 2 heterocycles. The molecule has 0 saturated carbocycles. The second kappa shape index (κ2) is 7.75. The van der Waals surface area contributed by atoms with Gasteiger partial charge in [-0.1, -0.05) is 45.9 Å². The summed E-state index contributed by atoms with van der Waals surface area (Å²) in [4.78, 5) is 0. The van der Waals surface area contributed by atoms with Crippen molar-refractivity contribution in [1.29, 1.82) is 5.26 Å². The summed E-state index contributed by atoms with van der Waals surface area (Å²) in [7, 11) is 0. The fraction of sp³-hybridized carbons (Fsp3) is 0.400. The van der Waals surface area contributed by atoms with Gasteiger partial charge in [-0.05, 0) is 19.4 Å². The summed E-state index contributed by atoms with van der Waals surface area (Å²) in [6.45, 7) is 12.5. The van der Waals surface area contributed by atoms with E-state index in [2.05, 4.69) is 61.0 Å². The standard InChI is InChI=1S/C16H15N2.2C2H6/c1-16(2)13-5-3-4-6-14(13)18-10-8-12(7-9-17)11-15(16)18;2*1-2/h3-6,8,10-11H,7H2,1-2H3;2*1-2H3/q+1;;. The molecule has 0 bridgehead atoms. The van der Waals surface area contributed by atoms with Gasteiger partial charge in [0, 0.05) is 23.8 Å². The van der Waals surface area contributed by atoms with Crippen molar-refractivity contribution in [3.05, 3.63) is 59.4 Å². The highest BCUT2D eigenvalue weighted by atomic mass is 15.0. The fourth-order valence-electron chi connectivity index (χ4n) is 2.79. The van der Waals surface area contributed by atoms with Crippen molar-refractivity contribution in [1.82, 2.24) is 0 Å². The summed E-state index contributed by atoms with van der Waals surface area (Å²) in [5, 5.41) is 8.82. The van der Waals surface area contributed by atoms with E-state index in [-0.39, 0.29) is 5.41 Å². The number of aromatic nitrogens is 1. The number of nitriles is 1. The second-order valence-electron chi connectivity index (χ2n) is 5.27. The number of nitrogens with zero attached hydrogens (tertiary/aromatic N) is 2. The van der Waals surface area contributed by atoms with Gasteiger partial charge in [0.15, 0.2) is 11.9 Å². The van der Waals surface area contributed by atoms with Crippen LogP contribution in [0.4, 0.5) is 0 Å². The van der Waals surface area contributed by atoms with Crippen LogP contribution >= 0.6 is 0 Å². The van der Waals surface area contributed by atoms with Crippen molar-refractivity contribution in [3.8, 4) is 11.8 Å². The Labute approximate surface area is 135 Å². The summed E-state index contributed by atoms with van der Waals surface area (Å²) in [6.07, 6.45) is 2.55. The minimum atomic E-state index is 0.00204. The van der Waals surface area contributed by atoms with Gasteiger partial charge in [-0.25, -0.2) is 0 Å². The highest BCUT2D eigenvalue weighted by Crippen LogP contribution is 2.37. The predicted octanol–water partition coefficient (Wildman–Crippen LogP) is 4.72. The van der Waals surface area contributed by atoms with Gasteiger partial charge < -0.3 is 0 Å². The highest BCUT2D eigenvalue weighted by molar-refractivity contribution is 5.48. The molecule has 1 aromatic heterocycles. The Hall–Kier alpha value is -2.14. The molecule has 0 N–H and O–H groups in total. The van der Waals surface area contributed by atoms with Crippen molar-refractivity contribution in [2.45, 2.75) is 53.4 Å². The van der Waals surface area contributed by atoms with Gasteiger partial charge in [-0.3, -0.25) is 0 Å². The Morgan fingerprint density at radius 3 is 2.32 bits per heavy atom. The van der Waals surface area contributed by atoms with Crippen LogP contribution in [0.2, 0.25) is 0 Å². The van der Waals surface area contributed by atoms with E-state index < -0.39 is 0 Å². The van der Waals surface area contributed by atoms with E-state index in [0.29, 0.717) is 6.42 Å². The lowest BCUT2D eigenvalue weighted by Gasteiger charge is -2.14. The minimum Gasteiger partial charge on any atom is -0.198 e. The molecule has 0 radical (unpaired) electrons. The van der Waals surface area contributed by atoms with Gasteiger partial charge in [0.05, 0.1) is 17.9 Å². The summed E-state index contributed by atoms with van der Waals surface area (Å²) in [6, 6.07) is 14.9. The maximum Gasteiger partial charge on any atom is 0.215 e. The Kier molecular flexibility index (Phi) is 6.31. The van der Waals surface area contributed by atoms with Gasteiger partial charge in [-0.2, -0.15) is 9.83 Å². The van der Waals surface area contributed by atoms with E-state index in [1.807, 2.05) is 33.8 Å². The first-order valence-electron chi connectivity index (χ1n) is 8.16. The number of para-hydroxylation sites is 1. The molecule has 0 saturated heterocycles. The molecule has 2 aromatic rings. The zero-order chi connectivity index (χ0) is 16.8. The summed E-state index contributed by atoms with van der Waals surface area (Å²) in [5.74, 6) is 0. The van der Waals surface area contributed by atoms with Gasteiger partial charge in [-0.15, -0.1) is 0 Å². The topological polar surface area (TPSA) is 27.7 Å². The van der Waals surface area contributed by atoms with Gasteiger partial charge in [0.25, 0.3) is 0 Å². The third-order valence-corrected chi connectivity index (χ3v) is 3.78. The highest BCUT2D eigenvalue weighted by Gasteiger charge is 2.43. The van der Waals surface area contributed by atoms with E-state index >= 15 is 0 Å². The molecule has 116 valence electrons. The molecule has 0 fully saturated rings. The van der Waals surface area contributed by atoms with Crippen LogP contribution in [0.3, 0.4) is 0 Å². The van der Waals surface area contributed by atoms with Crippen LogP contribution in [0.1, 0.15) is 58.4 Å². The molecule has 0 spiro atoms. The quantitative estimate of drug-likeness (QED) is 0.699. The molecular formula is C20H27N2+. The van der Waals surface area contributed by atoms with Crippen molar-refractivity contribution >= 4 is 0 Å². The number of benzene rings is 1. The Morgan fingerprint density at radius 2 is 1.68 bits per heavy atom. The number of fused-ring (bicyclic) bond motifs is 3. The largest absolute Gasteiger partial charge is 0.215 e. The molecule has 0 aliphatic carbocycles. The average molecular weight is 295 g/mol. The third-order valence-electron chi connectivity index (χ3n) is 3.78. The predicted molar refractivity (Wildman–Crippen MR) is 92.1 cm³/mol. The van der Waals surface area contributed by atoms with Crippen LogP contribution in [-0.4, -0.2) is 0 Å². The van der Waals surface area contributed by atoms with Crippen molar-refractivity contribution < 1.29 is 4.57 Å². The van der Waals surface area contributed by atoms with Gasteiger partial charge in [0.2, 0.25) is 5.69 Å². The Morgan fingerprint density at radius 1 is 1.05 bits per heavy atom. The molecule has 1 aliphatic rings. The smallest absolute Gasteiger partial charge is 0.198 e. The van der Waals surface area contributed by atoms with Crippen molar-refractivity contribution in [3.63, 3.8) is 0 Å². The van der Waals surface area contributed by atoms with E-state index in [9.17, 15) is 0 Å². The van der Waals surface area contributed by atoms with Crippen LogP contribution in [0.5, 0.6) is 0 Å². The molecule has 2 nitrogen and oxygen atoms in total. The number of pyridine rings is 1. The molecule has 3 rings (SSSR count). The van der Waals surface area contributed by atoms with Crippen LogP contribution < -0.4 is 4.57 Å². The molecule has 22 heavy (non-hydrogen) atoms. The first-order chi connectivity index (χ1) is 10.6. The van der Waals surface area contributed by atoms with Gasteiger partial charge >= 0.3 is 0 Å². The maximum absolute atomic E-state index is 8.82. The van der Waals surface area contributed by atoms with Crippen LogP contribution in [0.25, 0.3) is 5.69 Å². The molecule has 0 unspecified atom stereocenters. The lowest BCUT2D eigenvalue weighted by atomic mass is 9.83. The van der Waals surface area contributed by atoms with Crippen molar-refractivity contribution in [2.24, 2.45) is 0 Å². The summed E-state index contributed by atoms with van der Waals surface area (Å²) >= 11 is 0.